The van der Waals surface area contributed by atoms with Crippen LogP contribution in [0.4, 0.5) is 5.69 Å². The summed E-state index contributed by atoms with van der Waals surface area (Å²) in [6.45, 7) is 1.87. The van der Waals surface area contributed by atoms with Crippen molar-refractivity contribution in [3.8, 4) is 0 Å². The smallest absolute Gasteiger partial charge is 0.261 e. The van der Waals surface area contributed by atoms with Gasteiger partial charge in [-0.05, 0) is 11.6 Å². The molecule has 3 rings (SSSR count). The summed E-state index contributed by atoms with van der Waals surface area (Å²) in [7, 11) is 0. The second-order valence-electron chi connectivity index (χ2n) is 4.90. The van der Waals surface area contributed by atoms with Crippen molar-refractivity contribution in [1.82, 2.24) is 0 Å². The zero-order chi connectivity index (χ0) is 13.5. The number of fused-ring (bicyclic) bond motifs is 1. The molecule has 3 heteroatoms. The molecule has 2 atom stereocenters. The lowest BCUT2D eigenvalue weighted by atomic mass is 9.79. The first-order chi connectivity index (χ1) is 9.14. The van der Waals surface area contributed by atoms with Gasteiger partial charge in [0.2, 0.25) is 0 Å². The molecule has 0 aromatic heterocycles. The van der Waals surface area contributed by atoms with E-state index >= 15 is 0 Å². The first-order valence-corrected chi connectivity index (χ1v) is 6.32. The molecule has 2 aromatic carbocycles. The monoisotopic (exact) mass is 253 g/mol. The molecule has 1 amide bonds. The summed E-state index contributed by atoms with van der Waals surface area (Å²) in [6, 6.07) is 16.9. The van der Waals surface area contributed by atoms with Crippen molar-refractivity contribution in [2.75, 3.05) is 5.32 Å². The number of nitrogens with one attached hydrogen (secondary N) is 1. The molecule has 3 nitrogen and oxygen atoms in total. The second-order valence-corrected chi connectivity index (χ2v) is 4.90. The summed E-state index contributed by atoms with van der Waals surface area (Å²) in [6.07, 6.45) is 0. The minimum atomic E-state index is -1.50. The number of anilines is 1. The van der Waals surface area contributed by atoms with Gasteiger partial charge in [0.15, 0.2) is 5.60 Å². The van der Waals surface area contributed by atoms with E-state index in [1.54, 1.807) is 6.07 Å². The van der Waals surface area contributed by atoms with Gasteiger partial charge in [0.1, 0.15) is 0 Å². The number of rotatable bonds is 2. The van der Waals surface area contributed by atoms with Gasteiger partial charge in [0.25, 0.3) is 5.91 Å². The molecule has 0 aliphatic carbocycles. The van der Waals surface area contributed by atoms with Gasteiger partial charge in [0.05, 0.1) is 0 Å². The highest BCUT2D eigenvalue weighted by molar-refractivity contribution is 6.05. The molecule has 1 aliphatic rings. The van der Waals surface area contributed by atoms with Crippen LogP contribution in [0, 0.1) is 0 Å². The third-order valence-corrected chi connectivity index (χ3v) is 3.86. The van der Waals surface area contributed by atoms with E-state index in [9.17, 15) is 9.90 Å². The van der Waals surface area contributed by atoms with Gasteiger partial charge < -0.3 is 10.4 Å². The largest absolute Gasteiger partial charge is 0.375 e. The van der Waals surface area contributed by atoms with Crippen molar-refractivity contribution >= 4 is 11.6 Å². The maximum Gasteiger partial charge on any atom is 0.261 e. The molecule has 0 unspecified atom stereocenters. The van der Waals surface area contributed by atoms with E-state index in [0.717, 1.165) is 5.56 Å². The Labute approximate surface area is 111 Å². The summed E-state index contributed by atoms with van der Waals surface area (Å²) in [4.78, 5) is 12.2. The third kappa shape index (κ3) is 1.66. The zero-order valence-electron chi connectivity index (χ0n) is 10.6. The normalized spacial score (nSPS) is 22.7. The first-order valence-electron chi connectivity index (χ1n) is 6.32. The fraction of sp³-hybridized carbons (Fsp3) is 0.188. The standard InChI is InChI=1S/C16H15NO2/c1-11(12-7-3-2-4-8-12)16(19)13-9-5-6-10-14(13)17-15(16)18/h2-11,19H,1H3,(H,17,18)/t11-,16+/m0/s1. The van der Waals surface area contributed by atoms with Crippen LogP contribution in [0.5, 0.6) is 0 Å². The molecule has 1 aliphatic heterocycles. The maximum absolute atomic E-state index is 12.2. The number of carbonyl (C=O) groups excluding carboxylic acids is 1. The lowest BCUT2D eigenvalue weighted by molar-refractivity contribution is -0.135. The van der Waals surface area contributed by atoms with Crippen LogP contribution in [0.1, 0.15) is 24.0 Å². The van der Waals surface area contributed by atoms with E-state index in [4.69, 9.17) is 0 Å². The Morgan fingerprint density at radius 3 is 2.42 bits per heavy atom. The Hall–Kier alpha value is -2.13. The summed E-state index contributed by atoms with van der Waals surface area (Å²) in [5.41, 5.74) is 0.781. The van der Waals surface area contributed by atoms with Gasteiger partial charge >= 0.3 is 0 Å². The predicted molar refractivity (Wildman–Crippen MR) is 73.8 cm³/mol. The summed E-state index contributed by atoms with van der Waals surface area (Å²) in [5, 5.41) is 13.7. The van der Waals surface area contributed by atoms with Crippen LogP contribution in [-0.4, -0.2) is 11.0 Å². The summed E-state index contributed by atoms with van der Waals surface area (Å²) >= 11 is 0. The van der Waals surface area contributed by atoms with Crippen molar-refractivity contribution in [2.24, 2.45) is 0 Å². The van der Waals surface area contributed by atoms with Crippen molar-refractivity contribution in [3.05, 3.63) is 65.7 Å². The fourth-order valence-electron chi connectivity index (χ4n) is 2.68. The number of aliphatic hydroxyl groups is 1. The van der Waals surface area contributed by atoms with E-state index in [-0.39, 0.29) is 11.8 Å². The molecule has 0 bridgehead atoms. The van der Waals surface area contributed by atoms with Crippen molar-refractivity contribution in [3.63, 3.8) is 0 Å². The van der Waals surface area contributed by atoms with E-state index < -0.39 is 5.60 Å². The van der Waals surface area contributed by atoms with Crippen LogP contribution in [0.2, 0.25) is 0 Å². The molecule has 19 heavy (non-hydrogen) atoms. The second kappa shape index (κ2) is 4.21. The molecule has 0 spiro atoms. The minimum Gasteiger partial charge on any atom is -0.375 e. The maximum atomic E-state index is 12.2. The van der Waals surface area contributed by atoms with E-state index in [1.807, 2.05) is 55.5 Å². The van der Waals surface area contributed by atoms with Crippen LogP contribution >= 0.6 is 0 Å². The lowest BCUT2D eigenvalue weighted by Crippen LogP contribution is -2.39. The van der Waals surface area contributed by atoms with Gasteiger partial charge in [0, 0.05) is 17.2 Å². The fourth-order valence-corrected chi connectivity index (χ4v) is 2.68. The average molecular weight is 253 g/mol. The van der Waals surface area contributed by atoms with Crippen LogP contribution in [0.25, 0.3) is 0 Å². The Morgan fingerprint density at radius 2 is 1.68 bits per heavy atom. The molecular weight excluding hydrogens is 238 g/mol. The molecule has 2 N–H and O–H groups in total. The SMILES string of the molecule is C[C@@H](c1ccccc1)[C@]1(O)C(=O)Nc2ccccc21. The molecule has 2 aromatic rings. The highest BCUT2D eigenvalue weighted by Gasteiger charge is 2.49. The number of hydrogen-bond acceptors (Lipinski definition) is 2. The third-order valence-electron chi connectivity index (χ3n) is 3.86. The van der Waals surface area contributed by atoms with E-state index in [1.165, 1.54) is 0 Å². The van der Waals surface area contributed by atoms with Crippen LogP contribution in [0.15, 0.2) is 54.6 Å². The quantitative estimate of drug-likeness (QED) is 0.864. The zero-order valence-corrected chi connectivity index (χ0v) is 10.6. The van der Waals surface area contributed by atoms with Gasteiger partial charge in [-0.25, -0.2) is 0 Å². The molecule has 1 heterocycles. The van der Waals surface area contributed by atoms with Gasteiger partial charge in [-0.3, -0.25) is 4.79 Å². The van der Waals surface area contributed by atoms with Crippen molar-refractivity contribution < 1.29 is 9.90 Å². The average Bonchev–Trinajstić information content (AvgIpc) is 2.72. The lowest BCUT2D eigenvalue weighted by Gasteiger charge is -2.28. The molecule has 0 saturated heterocycles. The van der Waals surface area contributed by atoms with E-state index in [2.05, 4.69) is 5.32 Å². The topological polar surface area (TPSA) is 49.3 Å². The number of amides is 1. The van der Waals surface area contributed by atoms with Gasteiger partial charge in [-0.2, -0.15) is 0 Å². The molecule has 0 radical (unpaired) electrons. The Bertz CT molecular complexity index is 624. The number of para-hydroxylation sites is 1. The minimum absolute atomic E-state index is 0.308. The molecular formula is C16H15NO2. The van der Waals surface area contributed by atoms with Crippen LogP contribution in [0.3, 0.4) is 0 Å². The number of carbonyl (C=O) groups is 1. The molecule has 0 saturated carbocycles. The van der Waals surface area contributed by atoms with Crippen molar-refractivity contribution in [2.45, 2.75) is 18.4 Å². The number of hydrogen-bond donors (Lipinski definition) is 2. The predicted octanol–water partition coefficient (Wildman–Crippen LogP) is 2.63. The van der Waals surface area contributed by atoms with Crippen LogP contribution < -0.4 is 5.32 Å². The number of benzene rings is 2. The summed E-state index contributed by atoms with van der Waals surface area (Å²) in [5.74, 6) is -0.664. The molecule has 0 fully saturated rings. The van der Waals surface area contributed by atoms with Gasteiger partial charge in [-0.15, -0.1) is 0 Å². The first kappa shape index (κ1) is 11.9. The van der Waals surface area contributed by atoms with Crippen LogP contribution in [-0.2, 0) is 10.4 Å². The van der Waals surface area contributed by atoms with Crippen molar-refractivity contribution in [1.29, 1.82) is 0 Å². The van der Waals surface area contributed by atoms with Gasteiger partial charge in [-0.1, -0.05) is 55.5 Å². The highest BCUT2D eigenvalue weighted by atomic mass is 16.3. The van der Waals surface area contributed by atoms with E-state index in [0.29, 0.717) is 11.3 Å². The Morgan fingerprint density at radius 1 is 1.05 bits per heavy atom. The Kier molecular flexibility index (Phi) is 2.64. The Balaban J connectivity index is 2.11. The molecule has 96 valence electrons. The summed E-state index contributed by atoms with van der Waals surface area (Å²) < 4.78 is 0. The highest BCUT2D eigenvalue weighted by Crippen LogP contribution is 2.44.